The van der Waals surface area contributed by atoms with Crippen molar-refractivity contribution in [1.29, 1.82) is 0 Å². The maximum Gasteiger partial charge on any atom is 0.242 e. The number of morpholine rings is 1. The van der Waals surface area contributed by atoms with Gasteiger partial charge in [0.1, 0.15) is 4.90 Å². The SMILES string of the molecule is O=S(=O)(NC[C@H](c1ccsc1)N1CCOCC1)c1ccccc1Cl. The van der Waals surface area contributed by atoms with Gasteiger partial charge in [-0.05, 0) is 34.5 Å². The summed E-state index contributed by atoms with van der Waals surface area (Å²) >= 11 is 7.64. The number of ether oxygens (including phenoxy) is 1. The van der Waals surface area contributed by atoms with Crippen molar-refractivity contribution in [1.82, 2.24) is 9.62 Å². The Labute approximate surface area is 151 Å². The van der Waals surface area contributed by atoms with Gasteiger partial charge in [0.2, 0.25) is 10.0 Å². The zero-order chi connectivity index (χ0) is 17.0. The molecule has 0 spiro atoms. The third-order valence-corrected chi connectivity index (χ3v) is 6.63. The summed E-state index contributed by atoms with van der Waals surface area (Å²) in [4.78, 5) is 2.36. The van der Waals surface area contributed by atoms with Crippen LogP contribution in [-0.2, 0) is 14.8 Å². The minimum Gasteiger partial charge on any atom is -0.379 e. The number of hydrogen-bond acceptors (Lipinski definition) is 5. The molecule has 2 heterocycles. The molecule has 0 bridgehead atoms. The van der Waals surface area contributed by atoms with Crippen LogP contribution < -0.4 is 4.72 Å². The van der Waals surface area contributed by atoms with Gasteiger partial charge < -0.3 is 4.74 Å². The van der Waals surface area contributed by atoms with Crippen LogP contribution in [0.3, 0.4) is 0 Å². The number of halogens is 1. The van der Waals surface area contributed by atoms with Crippen molar-refractivity contribution in [3.8, 4) is 0 Å². The zero-order valence-corrected chi connectivity index (χ0v) is 15.4. The van der Waals surface area contributed by atoms with Crippen molar-refractivity contribution in [2.75, 3.05) is 32.8 Å². The summed E-state index contributed by atoms with van der Waals surface area (Å²) in [5.74, 6) is 0. The van der Waals surface area contributed by atoms with E-state index in [-0.39, 0.29) is 16.0 Å². The third-order valence-electron chi connectivity index (χ3n) is 4.01. The molecular formula is C16H19ClN2O3S2. The van der Waals surface area contributed by atoms with E-state index in [0.29, 0.717) is 19.8 Å². The highest BCUT2D eigenvalue weighted by atomic mass is 35.5. The van der Waals surface area contributed by atoms with Gasteiger partial charge in [-0.1, -0.05) is 23.7 Å². The summed E-state index contributed by atoms with van der Waals surface area (Å²) in [6.07, 6.45) is 0. The first-order chi connectivity index (χ1) is 11.6. The molecular weight excluding hydrogens is 368 g/mol. The van der Waals surface area contributed by atoms with Crippen LogP contribution in [0.4, 0.5) is 0 Å². The Balaban J connectivity index is 1.77. The summed E-state index contributed by atoms with van der Waals surface area (Å²) in [5, 5.41) is 4.29. The molecule has 1 atom stereocenters. The van der Waals surface area contributed by atoms with Crippen molar-refractivity contribution >= 4 is 33.0 Å². The molecule has 1 saturated heterocycles. The smallest absolute Gasteiger partial charge is 0.242 e. The molecule has 130 valence electrons. The van der Waals surface area contributed by atoms with Gasteiger partial charge in [0.25, 0.3) is 0 Å². The first-order valence-corrected chi connectivity index (χ1v) is 10.5. The summed E-state index contributed by atoms with van der Waals surface area (Å²) in [6.45, 7) is 3.20. The molecule has 3 rings (SSSR count). The molecule has 1 aliphatic heterocycles. The monoisotopic (exact) mass is 386 g/mol. The maximum atomic E-state index is 12.6. The topological polar surface area (TPSA) is 58.6 Å². The molecule has 0 radical (unpaired) electrons. The normalized spacial score (nSPS) is 17.7. The lowest BCUT2D eigenvalue weighted by atomic mass is 10.1. The molecule has 8 heteroatoms. The van der Waals surface area contributed by atoms with Crippen molar-refractivity contribution < 1.29 is 13.2 Å². The highest BCUT2D eigenvalue weighted by Crippen LogP contribution is 2.25. The highest BCUT2D eigenvalue weighted by molar-refractivity contribution is 7.89. The fourth-order valence-corrected chi connectivity index (χ4v) is 5.00. The minimum atomic E-state index is -3.65. The van der Waals surface area contributed by atoms with E-state index in [1.165, 1.54) is 6.07 Å². The molecule has 1 fully saturated rings. The Kier molecular flexibility index (Phi) is 5.91. The van der Waals surface area contributed by atoms with Crippen LogP contribution in [0.15, 0.2) is 46.0 Å². The van der Waals surface area contributed by atoms with E-state index >= 15 is 0 Å². The summed E-state index contributed by atoms with van der Waals surface area (Å²) < 4.78 is 33.3. The van der Waals surface area contributed by atoms with Crippen molar-refractivity contribution in [3.05, 3.63) is 51.7 Å². The quantitative estimate of drug-likeness (QED) is 0.829. The second-order valence-corrected chi connectivity index (χ2v) is 8.43. The lowest BCUT2D eigenvalue weighted by Crippen LogP contribution is -2.43. The molecule has 0 amide bonds. The van der Waals surface area contributed by atoms with Gasteiger partial charge in [-0.25, -0.2) is 13.1 Å². The van der Waals surface area contributed by atoms with E-state index in [9.17, 15) is 8.42 Å². The van der Waals surface area contributed by atoms with Crippen LogP contribution in [0.1, 0.15) is 11.6 Å². The Bertz CT molecular complexity index is 759. The highest BCUT2D eigenvalue weighted by Gasteiger charge is 2.26. The molecule has 1 aromatic carbocycles. The van der Waals surface area contributed by atoms with E-state index in [1.54, 1.807) is 29.5 Å². The Morgan fingerprint density at radius 2 is 2.00 bits per heavy atom. The molecule has 0 aliphatic carbocycles. The number of nitrogens with zero attached hydrogens (tertiary/aromatic N) is 1. The fraction of sp³-hybridized carbons (Fsp3) is 0.375. The van der Waals surface area contributed by atoms with Gasteiger partial charge in [-0.2, -0.15) is 11.3 Å². The maximum absolute atomic E-state index is 12.6. The zero-order valence-electron chi connectivity index (χ0n) is 13.0. The molecule has 5 nitrogen and oxygen atoms in total. The summed E-state index contributed by atoms with van der Waals surface area (Å²) in [7, 11) is -3.65. The second-order valence-electron chi connectivity index (χ2n) is 5.50. The van der Waals surface area contributed by atoms with Crippen LogP contribution in [0.25, 0.3) is 0 Å². The molecule has 1 N–H and O–H groups in total. The van der Waals surface area contributed by atoms with Crippen LogP contribution in [0.2, 0.25) is 5.02 Å². The third kappa shape index (κ3) is 4.17. The summed E-state index contributed by atoms with van der Waals surface area (Å²) in [6, 6.07) is 8.49. The van der Waals surface area contributed by atoms with Crippen molar-refractivity contribution in [2.45, 2.75) is 10.9 Å². The van der Waals surface area contributed by atoms with Gasteiger partial charge in [0.15, 0.2) is 0 Å². The average Bonchev–Trinajstić information content (AvgIpc) is 3.10. The van der Waals surface area contributed by atoms with Crippen molar-refractivity contribution in [2.24, 2.45) is 0 Å². The predicted octanol–water partition coefficient (Wildman–Crippen LogP) is 2.75. The van der Waals surface area contributed by atoms with Crippen molar-refractivity contribution in [3.63, 3.8) is 0 Å². The predicted molar refractivity (Wildman–Crippen MR) is 96.1 cm³/mol. The van der Waals surface area contributed by atoms with E-state index in [0.717, 1.165) is 18.7 Å². The van der Waals surface area contributed by atoms with Gasteiger partial charge in [0, 0.05) is 25.7 Å². The number of thiophene rings is 1. The van der Waals surface area contributed by atoms with Gasteiger partial charge in [0.05, 0.1) is 18.2 Å². The molecule has 2 aromatic rings. The first-order valence-electron chi connectivity index (χ1n) is 7.66. The van der Waals surface area contributed by atoms with Gasteiger partial charge in [-0.15, -0.1) is 0 Å². The molecule has 1 aliphatic rings. The van der Waals surface area contributed by atoms with Crippen LogP contribution >= 0.6 is 22.9 Å². The number of benzene rings is 1. The van der Waals surface area contributed by atoms with E-state index in [1.807, 2.05) is 11.4 Å². The Morgan fingerprint density at radius 3 is 2.67 bits per heavy atom. The number of hydrogen-bond donors (Lipinski definition) is 1. The number of nitrogens with one attached hydrogen (secondary N) is 1. The Morgan fingerprint density at radius 1 is 1.25 bits per heavy atom. The van der Waals surface area contributed by atoms with Crippen LogP contribution in [0.5, 0.6) is 0 Å². The Hall–Kier alpha value is -0.960. The van der Waals surface area contributed by atoms with Gasteiger partial charge >= 0.3 is 0 Å². The minimum absolute atomic E-state index is 0.0163. The number of rotatable bonds is 6. The molecule has 24 heavy (non-hydrogen) atoms. The summed E-state index contributed by atoms with van der Waals surface area (Å²) in [5.41, 5.74) is 1.11. The average molecular weight is 387 g/mol. The first kappa shape index (κ1) is 17.8. The molecule has 1 aromatic heterocycles. The number of sulfonamides is 1. The van der Waals surface area contributed by atoms with Crippen LogP contribution in [-0.4, -0.2) is 46.2 Å². The van der Waals surface area contributed by atoms with E-state index < -0.39 is 10.0 Å². The second kappa shape index (κ2) is 7.95. The van der Waals surface area contributed by atoms with Crippen LogP contribution in [0, 0.1) is 0 Å². The van der Waals surface area contributed by atoms with Gasteiger partial charge in [-0.3, -0.25) is 4.90 Å². The molecule has 0 saturated carbocycles. The van der Waals surface area contributed by atoms with E-state index in [4.69, 9.17) is 16.3 Å². The lowest BCUT2D eigenvalue weighted by molar-refractivity contribution is 0.0173. The molecule has 0 unspecified atom stereocenters. The largest absolute Gasteiger partial charge is 0.379 e. The fourth-order valence-electron chi connectivity index (χ4n) is 2.74. The lowest BCUT2D eigenvalue weighted by Gasteiger charge is -2.34. The standard InChI is InChI=1S/C16H19ClN2O3S2/c17-14-3-1-2-4-16(14)24(20,21)18-11-15(13-5-10-23-12-13)19-6-8-22-9-7-19/h1-5,10,12,15,18H,6-9,11H2/t15-/m1/s1. The van der Waals surface area contributed by atoms with E-state index in [2.05, 4.69) is 15.0 Å².